The minimum atomic E-state index is 0.146. The van der Waals surface area contributed by atoms with E-state index in [1.54, 1.807) is 0 Å². The highest BCUT2D eigenvalue weighted by molar-refractivity contribution is 4.87. The maximum absolute atomic E-state index is 6.03. The minimum absolute atomic E-state index is 0.146. The molecule has 84 valence electrons. The van der Waals surface area contributed by atoms with Gasteiger partial charge in [0.1, 0.15) is 0 Å². The molecule has 0 aliphatic carbocycles. The highest BCUT2D eigenvalue weighted by atomic mass is 16.7. The van der Waals surface area contributed by atoms with Gasteiger partial charge in [-0.25, -0.2) is 0 Å². The van der Waals surface area contributed by atoms with Gasteiger partial charge < -0.3 is 5.73 Å². The van der Waals surface area contributed by atoms with E-state index in [4.69, 9.17) is 10.6 Å². The molecule has 3 nitrogen and oxygen atoms in total. The molecule has 0 saturated carbocycles. The molecule has 0 spiro atoms. The van der Waals surface area contributed by atoms with Gasteiger partial charge in [-0.05, 0) is 25.2 Å². The summed E-state index contributed by atoms with van der Waals surface area (Å²) >= 11 is 0. The monoisotopic (exact) mass is 200 g/mol. The molecule has 1 saturated heterocycles. The fraction of sp³-hybridized carbons (Fsp3) is 1.00. The Bertz CT molecular complexity index is 169. The van der Waals surface area contributed by atoms with Gasteiger partial charge in [-0.3, -0.25) is 4.84 Å². The first-order chi connectivity index (χ1) is 6.43. The average molecular weight is 200 g/mol. The van der Waals surface area contributed by atoms with Gasteiger partial charge in [0.05, 0.1) is 12.6 Å². The van der Waals surface area contributed by atoms with Crippen LogP contribution in [0.4, 0.5) is 0 Å². The number of hydrogen-bond acceptors (Lipinski definition) is 3. The lowest BCUT2D eigenvalue weighted by atomic mass is 9.82. The Hall–Kier alpha value is -0.120. The van der Waals surface area contributed by atoms with Gasteiger partial charge in [0, 0.05) is 12.6 Å². The quantitative estimate of drug-likeness (QED) is 0.738. The van der Waals surface area contributed by atoms with Crippen LogP contribution in [0.5, 0.6) is 0 Å². The Morgan fingerprint density at radius 2 is 1.93 bits per heavy atom. The van der Waals surface area contributed by atoms with Crippen LogP contribution < -0.4 is 5.73 Å². The summed E-state index contributed by atoms with van der Waals surface area (Å²) in [6.45, 7) is 10.6. The SMILES string of the molecule is CC(N)C(N1CCCCO1)C(C)(C)C. The smallest absolute Gasteiger partial charge is 0.0685 e. The molecular weight excluding hydrogens is 176 g/mol. The predicted molar refractivity (Wildman–Crippen MR) is 58.8 cm³/mol. The molecule has 0 aromatic rings. The van der Waals surface area contributed by atoms with Crippen molar-refractivity contribution in [1.29, 1.82) is 0 Å². The van der Waals surface area contributed by atoms with Crippen LogP contribution in [-0.2, 0) is 4.84 Å². The Labute approximate surface area is 87.6 Å². The van der Waals surface area contributed by atoms with Crippen LogP contribution in [0.15, 0.2) is 0 Å². The third-order valence-electron chi connectivity index (χ3n) is 2.73. The first-order valence-corrected chi connectivity index (χ1v) is 5.58. The topological polar surface area (TPSA) is 38.5 Å². The summed E-state index contributed by atoms with van der Waals surface area (Å²) in [5.41, 5.74) is 6.20. The van der Waals surface area contributed by atoms with Gasteiger partial charge in [0.2, 0.25) is 0 Å². The minimum Gasteiger partial charge on any atom is -0.326 e. The summed E-state index contributed by atoms with van der Waals surface area (Å²) in [6.07, 6.45) is 2.39. The highest BCUT2D eigenvalue weighted by Crippen LogP contribution is 2.28. The van der Waals surface area contributed by atoms with E-state index >= 15 is 0 Å². The molecule has 1 fully saturated rings. The molecule has 0 aromatic heterocycles. The molecule has 0 radical (unpaired) electrons. The Kier molecular flexibility index (Phi) is 3.93. The Morgan fingerprint density at radius 1 is 1.29 bits per heavy atom. The molecule has 0 amide bonds. The molecule has 2 atom stereocenters. The van der Waals surface area contributed by atoms with E-state index < -0.39 is 0 Å². The third-order valence-corrected chi connectivity index (χ3v) is 2.73. The van der Waals surface area contributed by atoms with Crippen molar-refractivity contribution in [1.82, 2.24) is 5.06 Å². The summed E-state index contributed by atoms with van der Waals surface area (Å²) < 4.78 is 0. The van der Waals surface area contributed by atoms with Crippen LogP contribution in [0, 0.1) is 5.41 Å². The van der Waals surface area contributed by atoms with Crippen molar-refractivity contribution in [2.24, 2.45) is 11.1 Å². The van der Waals surface area contributed by atoms with E-state index in [0.717, 1.165) is 13.2 Å². The zero-order valence-electron chi connectivity index (χ0n) is 9.92. The van der Waals surface area contributed by atoms with E-state index in [1.165, 1.54) is 12.8 Å². The van der Waals surface area contributed by atoms with Crippen LogP contribution in [0.1, 0.15) is 40.5 Å². The van der Waals surface area contributed by atoms with Crippen molar-refractivity contribution >= 4 is 0 Å². The number of rotatable bonds is 2. The Balaban J connectivity index is 2.66. The zero-order valence-corrected chi connectivity index (χ0v) is 9.92. The average Bonchev–Trinajstić information content (AvgIpc) is 2.02. The van der Waals surface area contributed by atoms with Gasteiger partial charge in [0.15, 0.2) is 0 Å². The lowest BCUT2D eigenvalue weighted by Gasteiger charge is -2.43. The third kappa shape index (κ3) is 2.94. The molecule has 1 aliphatic rings. The molecule has 2 N–H and O–H groups in total. The van der Waals surface area contributed by atoms with Crippen molar-refractivity contribution < 1.29 is 4.84 Å². The fourth-order valence-electron chi connectivity index (χ4n) is 2.32. The van der Waals surface area contributed by atoms with Crippen LogP contribution in [-0.4, -0.2) is 30.3 Å². The van der Waals surface area contributed by atoms with Crippen molar-refractivity contribution in [2.75, 3.05) is 13.2 Å². The number of hydrogen-bond donors (Lipinski definition) is 1. The molecule has 1 heterocycles. The second-order valence-corrected chi connectivity index (χ2v) is 5.35. The van der Waals surface area contributed by atoms with Crippen molar-refractivity contribution in [3.8, 4) is 0 Å². The second kappa shape index (κ2) is 4.60. The number of nitrogens with two attached hydrogens (primary N) is 1. The lowest BCUT2D eigenvalue weighted by molar-refractivity contribution is -0.227. The molecule has 0 aromatic carbocycles. The van der Waals surface area contributed by atoms with Gasteiger partial charge in [0.25, 0.3) is 0 Å². The van der Waals surface area contributed by atoms with E-state index in [2.05, 4.69) is 32.8 Å². The zero-order chi connectivity index (χ0) is 10.8. The molecule has 3 heteroatoms. The summed E-state index contributed by atoms with van der Waals surface area (Å²) in [7, 11) is 0. The number of hydroxylamine groups is 2. The maximum atomic E-state index is 6.03. The van der Waals surface area contributed by atoms with E-state index in [0.29, 0.717) is 6.04 Å². The molecule has 1 aliphatic heterocycles. The van der Waals surface area contributed by atoms with Crippen molar-refractivity contribution in [2.45, 2.75) is 52.6 Å². The Morgan fingerprint density at radius 3 is 2.29 bits per heavy atom. The summed E-state index contributed by atoms with van der Waals surface area (Å²) in [5.74, 6) is 0. The van der Waals surface area contributed by atoms with Crippen molar-refractivity contribution in [3.05, 3.63) is 0 Å². The summed E-state index contributed by atoms with van der Waals surface area (Å²) in [4.78, 5) is 5.68. The van der Waals surface area contributed by atoms with Gasteiger partial charge in [-0.1, -0.05) is 20.8 Å². The van der Waals surface area contributed by atoms with E-state index in [1.807, 2.05) is 0 Å². The predicted octanol–water partition coefficient (Wildman–Crippen LogP) is 1.78. The van der Waals surface area contributed by atoms with Crippen LogP contribution >= 0.6 is 0 Å². The van der Waals surface area contributed by atoms with Crippen LogP contribution in [0.2, 0.25) is 0 Å². The first-order valence-electron chi connectivity index (χ1n) is 5.58. The van der Waals surface area contributed by atoms with Gasteiger partial charge in [-0.2, -0.15) is 5.06 Å². The second-order valence-electron chi connectivity index (χ2n) is 5.35. The molecule has 1 rings (SSSR count). The molecule has 14 heavy (non-hydrogen) atoms. The standard InChI is InChI=1S/C11H24N2O/c1-9(12)10(11(2,3)4)13-7-5-6-8-14-13/h9-10H,5-8,12H2,1-4H3. The van der Waals surface area contributed by atoms with Crippen LogP contribution in [0.25, 0.3) is 0 Å². The molecular formula is C11H24N2O. The van der Waals surface area contributed by atoms with E-state index in [-0.39, 0.29) is 11.5 Å². The molecule has 0 bridgehead atoms. The normalized spacial score (nSPS) is 24.6. The maximum Gasteiger partial charge on any atom is 0.0685 e. The first kappa shape index (κ1) is 12.0. The summed E-state index contributed by atoms with van der Waals surface area (Å²) in [6, 6.07) is 0.455. The fourth-order valence-corrected chi connectivity index (χ4v) is 2.32. The largest absolute Gasteiger partial charge is 0.326 e. The van der Waals surface area contributed by atoms with Gasteiger partial charge in [-0.15, -0.1) is 0 Å². The van der Waals surface area contributed by atoms with Crippen molar-refractivity contribution in [3.63, 3.8) is 0 Å². The van der Waals surface area contributed by atoms with Crippen LogP contribution in [0.3, 0.4) is 0 Å². The van der Waals surface area contributed by atoms with Gasteiger partial charge >= 0.3 is 0 Å². The molecule has 2 unspecified atom stereocenters. The van der Waals surface area contributed by atoms with E-state index in [9.17, 15) is 0 Å². The number of nitrogens with zero attached hydrogens (tertiary/aromatic N) is 1. The lowest BCUT2D eigenvalue weighted by Crippen LogP contribution is -2.54. The highest BCUT2D eigenvalue weighted by Gasteiger charge is 2.34. The summed E-state index contributed by atoms with van der Waals surface area (Å²) in [5, 5.41) is 2.09.